The average molecular weight is 393 g/mol. The molecule has 0 nitrogen and oxygen atoms in total. The Morgan fingerprint density at radius 2 is 0.810 bits per heavy atom. The molecule has 0 heterocycles. The van der Waals surface area contributed by atoms with Gasteiger partial charge in [-0.1, -0.05) is 0 Å². The summed E-state index contributed by atoms with van der Waals surface area (Å²) >= 11 is -2.66. The van der Waals surface area contributed by atoms with E-state index in [0.717, 1.165) is 5.25 Å². The Bertz CT molecular complexity index is 459. The molecule has 116 valence electrons. The summed E-state index contributed by atoms with van der Waals surface area (Å²) < 4.78 is 11.0. The van der Waals surface area contributed by atoms with E-state index in [2.05, 4.69) is 96.7 Å². The monoisotopic (exact) mass is 394 g/mol. The zero-order valence-electron chi connectivity index (χ0n) is 15.7. The average Bonchev–Trinajstić information content (AvgIpc) is 2.25. The predicted octanol–water partition coefficient (Wildman–Crippen LogP) is 4.72. The second-order valence-electron chi connectivity index (χ2n) is 8.76. The molecule has 0 aliphatic rings. The van der Waals surface area contributed by atoms with E-state index in [1.54, 1.807) is 0 Å². The molecule has 0 bridgehead atoms. The van der Waals surface area contributed by atoms with E-state index >= 15 is 0 Å². The zero-order chi connectivity index (χ0) is 16.9. The summed E-state index contributed by atoms with van der Waals surface area (Å²) in [7, 11) is -4.08. The van der Waals surface area contributed by atoms with Crippen molar-refractivity contribution in [3.8, 4) is 30.9 Å². The first kappa shape index (κ1) is 20.9. The minimum absolute atomic E-state index is 1.08. The maximum absolute atomic E-state index is 3.66. The van der Waals surface area contributed by atoms with Gasteiger partial charge in [-0.25, -0.2) is 0 Å². The SMILES string of the molecule is C[CH2][Ge]([C]#C[Si](C)(C)C)([C]#C[Si](C)(C)C)[C]#C[Si](C)(C)C. The van der Waals surface area contributed by atoms with Crippen LogP contribution in [0.1, 0.15) is 6.92 Å². The molecule has 0 radical (unpaired) electrons. The summed E-state index contributed by atoms with van der Waals surface area (Å²) in [4.78, 5) is 0. The number of hydrogen-bond donors (Lipinski definition) is 0. The van der Waals surface area contributed by atoms with Crippen molar-refractivity contribution in [1.29, 1.82) is 0 Å². The van der Waals surface area contributed by atoms with Crippen molar-refractivity contribution in [2.24, 2.45) is 0 Å². The van der Waals surface area contributed by atoms with E-state index in [-0.39, 0.29) is 0 Å². The summed E-state index contributed by atoms with van der Waals surface area (Å²) in [6.45, 7) is 23.0. The van der Waals surface area contributed by atoms with Crippen LogP contribution in [0.4, 0.5) is 0 Å². The van der Waals surface area contributed by atoms with Crippen LogP contribution in [-0.2, 0) is 0 Å². The van der Waals surface area contributed by atoms with Crippen molar-refractivity contribution in [3.05, 3.63) is 0 Å². The molecule has 0 saturated carbocycles. The fourth-order valence-electron chi connectivity index (χ4n) is 1.24. The molecule has 0 rings (SSSR count). The van der Waals surface area contributed by atoms with Crippen LogP contribution < -0.4 is 0 Å². The van der Waals surface area contributed by atoms with Gasteiger partial charge in [0, 0.05) is 0 Å². The zero-order valence-corrected chi connectivity index (χ0v) is 20.8. The molecule has 0 N–H and O–H groups in total. The molecule has 21 heavy (non-hydrogen) atoms. The first-order valence-corrected chi connectivity index (χ1v) is 22.9. The van der Waals surface area contributed by atoms with Gasteiger partial charge in [-0.05, 0) is 0 Å². The van der Waals surface area contributed by atoms with Gasteiger partial charge in [0.2, 0.25) is 0 Å². The summed E-state index contributed by atoms with van der Waals surface area (Å²) in [5, 5.41) is 1.08. The van der Waals surface area contributed by atoms with Crippen molar-refractivity contribution in [1.82, 2.24) is 0 Å². The Labute approximate surface area is 139 Å². The molecule has 0 aliphatic carbocycles. The first-order valence-electron chi connectivity index (χ1n) is 7.81. The van der Waals surface area contributed by atoms with Crippen LogP contribution >= 0.6 is 0 Å². The van der Waals surface area contributed by atoms with Gasteiger partial charge < -0.3 is 0 Å². The second-order valence-corrected chi connectivity index (χ2v) is 29.9. The van der Waals surface area contributed by atoms with Crippen LogP contribution in [0.2, 0.25) is 64.2 Å². The minimum atomic E-state index is -2.66. The maximum atomic E-state index is 3.66. The van der Waals surface area contributed by atoms with Gasteiger partial charge in [-0.3, -0.25) is 0 Å². The Balaban J connectivity index is 5.96. The first-order chi connectivity index (χ1) is 9.18. The third kappa shape index (κ3) is 11.1. The molecule has 0 fully saturated rings. The van der Waals surface area contributed by atoms with Gasteiger partial charge in [-0.15, -0.1) is 0 Å². The van der Waals surface area contributed by atoms with Crippen molar-refractivity contribution in [3.63, 3.8) is 0 Å². The van der Waals surface area contributed by atoms with Gasteiger partial charge >= 0.3 is 139 Å². The number of rotatable bonds is 1. The summed E-state index contributed by atoms with van der Waals surface area (Å²) in [5.41, 5.74) is 10.8. The van der Waals surface area contributed by atoms with Gasteiger partial charge in [0.25, 0.3) is 0 Å². The standard InChI is InChI=1S/C17H32GeSi3/c1-11-18(12-15-19(2,3)4,13-16-20(5,6)7)14-17-21(8,9)10/h11H2,1-10H3. The van der Waals surface area contributed by atoms with Crippen molar-refractivity contribution in [2.45, 2.75) is 71.1 Å². The number of hydrogen-bond acceptors (Lipinski definition) is 0. The van der Waals surface area contributed by atoms with E-state index < -0.39 is 37.5 Å². The van der Waals surface area contributed by atoms with Gasteiger partial charge in [-0.2, -0.15) is 0 Å². The van der Waals surface area contributed by atoms with Gasteiger partial charge in [0.1, 0.15) is 0 Å². The third-order valence-corrected chi connectivity index (χ3v) is 12.4. The van der Waals surface area contributed by atoms with Crippen molar-refractivity contribution >= 4 is 37.5 Å². The van der Waals surface area contributed by atoms with E-state index in [1.165, 1.54) is 0 Å². The Kier molecular flexibility index (Phi) is 7.38. The molecule has 0 aliphatic heterocycles. The fraction of sp³-hybridized carbons (Fsp3) is 0.647. The van der Waals surface area contributed by atoms with Crippen LogP contribution in [-0.4, -0.2) is 37.5 Å². The molecule has 0 amide bonds. The molecule has 0 aromatic carbocycles. The van der Waals surface area contributed by atoms with E-state index in [4.69, 9.17) is 0 Å². The third-order valence-electron chi connectivity index (χ3n) is 2.48. The second kappa shape index (κ2) is 7.43. The molecule has 0 spiro atoms. The van der Waals surface area contributed by atoms with Crippen LogP contribution in [0.3, 0.4) is 0 Å². The molecule has 0 aromatic rings. The Hall–Kier alpha value is -0.126. The van der Waals surface area contributed by atoms with Crippen LogP contribution in [0.25, 0.3) is 0 Å². The Morgan fingerprint density at radius 1 is 0.571 bits per heavy atom. The quantitative estimate of drug-likeness (QED) is 0.447. The predicted molar refractivity (Wildman–Crippen MR) is 110 cm³/mol. The molecule has 0 aromatic heterocycles. The summed E-state index contributed by atoms with van der Waals surface area (Å²) in [5.74, 6) is 0. The fourth-order valence-corrected chi connectivity index (χ4v) is 15.6. The van der Waals surface area contributed by atoms with Crippen LogP contribution in [0.5, 0.6) is 0 Å². The normalized spacial score (nSPS) is 12.3. The van der Waals surface area contributed by atoms with Crippen LogP contribution in [0, 0.1) is 30.9 Å². The molecule has 0 atom stereocenters. The summed E-state index contributed by atoms with van der Waals surface area (Å²) in [6, 6.07) is 0. The molecule has 0 unspecified atom stereocenters. The molecular weight excluding hydrogens is 361 g/mol. The summed E-state index contributed by atoms with van der Waals surface area (Å²) in [6.07, 6.45) is 0. The van der Waals surface area contributed by atoms with Crippen LogP contribution in [0.15, 0.2) is 0 Å². The topological polar surface area (TPSA) is 0 Å². The molecule has 4 heteroatoms. The van der Waals surface area contributed by atoms with Gasteiger partial charge in [0.05, 0.1) is 0 Å². The Morgan fingerprint density at radius 3 is 0.952 bits per heavy atom. The molecule has 0 saturated heterocycles. The van der Waals surface area contributed by atoms with E-state index in [0.29, 0.717) is 0 Å². The van der Waals surface area contributed by atoms with Gasteiger partial charge in [0.15, 0.2) is 0 Å². The van der Waals surface area contributed by atoms with E-state index in [1.807, 2.05) is 0 Å². The van der Waals surface area contributed by atoms with E-state index in [9.17, 15) is 0 Å². The van der Waals surface area contributed by atoms with Crippen molar-refractivity contribution < 1.29 is 0 Å². The molecular formula is C17H32GeSi3. The van der Waals surface area contributed by atoms with Crippen molar-refractivity contribution in [2.75, 3.05) is 0 Å².